The van der Waals surface area contributed by atoms with E-state index in [1.54, 1.807) is 0 Å². The van der Waals surface area contributed by atoms with Crippen LogP contribution in [0.5, 0.6) is 0 Å². The van der Waals surface area contributed by atoms with E-state index in [2.05, 4.69) is 73.2 Å². The second-order valence-corrected chi connectivity index (χ2v) is 21.8. The first kappa shape index (κ1) is 20.3. The summed E-state index contributed by atoms with van der Waals surface area (Å²) in [6, 6.07) is 0. The molecule has 0 aliphatic heterocycles. The predicted octanol–water partition coefficient (Wildman–Crippen LogP) is 5.13. The molecule has 5 heteroatoms. The topological polar surface area (TPSA) is 18.5 Å². The average molecular weight is 333 g/mol. The van der Waals surface area contributed by atoms with Crippen LogP contribution >= 0.6 is 0 Å². The third kappa shape index (κ3) is 5.26. The molecule has 20 heavy (non-hydrogen) atoms. The van der Waals surface area contributed by atoms with Gasteiger partial charge in [0.1, 0.15) is 0 Å². The Morgan fingerprint density at radius 2 is 1.55 bits per heavy atom. The zero-order valence-electron chi connectivity index (χ0n) is 15.4. The van der Waals surface area contributed by atoms with Gasteiger partial charge in [-0.15, -0.1) is 6.58 Å². The van der Waals surface area contributed by atoms with Gasteiger partial charge < -0.3 is 8.85 Å². The van der Waals surface area contributed by atoms with Crippen LogP contribution in [-0.4, -0.2) is 35.7 Å². The van der Waals surface area contributed by atoms with Gasteiger partial charge in [0.05, 0.1) is 13.3 Å². The van der Waals surface area contributed by atoms with Crippen molar-refractivity contribution in [3.05, 3.63) is 12.3 Å². The van der Waals surface area contributed by atoms with Crippen molar-refractivity contribution in [1.82, 2.24) is 0 Å². The standard InChI is InChI=1S/C15H36O2Si3/c1-12-15(4,17-19(8,9)13-2)20(10,11)16-14(3)18(5,6)7/h13-14H,2,12H2,1,3-11H3. The Balaban J connectivity index is 5.24. The van der Waals surface area contributed by atoms with Crippen LogP contribution in [0.1, 0.15) is 27.2 Å². The number of hydrogen-bond acceptors (Lipinski definition) is 2. The largest absolute Gasteiger partial charge is 0.415 e. The summed E-state index contributed by atoms with van der Waals surface area (Å²) in [4.78, 5) is 0. The summed E-state index contributed by atoms with van der Waals surface area (Å²) in [6.07, 6.45) is 0.995. The fraction of sp³-hybridized carbons (Fsp3) is 0.867. The number of rotatable bonds is 8. The molecule has 0 heterocycles. The van der Waals surface area contributed by atoms with Gasteiger partial charge in [-0.2, -0.15) is 0 Å². The first-order valence-corrected chi connectivity index (χ1v) is 17.2. The minimum Gasteiger partial charge on any atom is -0.415 e. The van der Waals surface area contributed by atoms with Gasteiger partial charge in [0.25, 0.3) is 0 Å². The van der Waals surface area contributed by atoms with Crippen molar-refractivity contribution in [2.45, 2.75) is 84.0 Å². The van der Waals surface area contributed by atoms with Crippen LogP contribution < -0.4 is 0 Å². The molecule has 0 aliphatic rings. The Kier molecular flexibility index (Phi) is 6.71. The minimum absolute atomic E-state index is 0.148. The molecule has 120 valence electrons. The summed E-state index contributed by atoms with van der Waals surface area (Å²) in [7, 11) is -5.05. The van der Waals surface area contributed by atoms with Crippen LogP contribution in [0.25, 0.3) is 0 Å². The summed E-state index contributed by atoms with van der Waals surface area (Å²) in [5.41, 5.74) is 2.39. The van der Waals surface area contributed by atoms with Crippen molar-refractivity contribution < 1.29 is 8.85 Å². The molecule has 0 spiro atoms. The third-order valence-corrected chi connectivity index (χ3v) is 13.5. The second kappa shape index (κ2) is 6.60. The van der Waals surface area contributed by atoms with Gasteiger partial charge >= 0.3 is 0 Å². The van der Waals surface area contributed by atoms with E-state index in [0.717, 1.165) is 6.42 Å². The smallest absolute Gasteiger partial charge is 0.216 e. The van der Waals surface area contributed by atoms with E-state index in [1.165, 1.54) is 0 Å². The molecule has 0 aromatic carbocycles. The van der Waals surface area contributed by atoms with Crippen LogP contribution in [-0.2, 0) is 8.85 Å². The van der Waals surface area contributed by atoms with Crippen LogP contribution in [0, 0.1) is 0 Å². The highest BCUT2D eigenvalue weighted by Gasteiger charge is 2.49. The lowest BCUT2D eigenvalue weighted by molar-refractivity contribution is 0.113. The molecule has 0 amide bonds. The van der Waals surface area contributed by atoms with Crippen molar-refractivity contribution >= 4 is 24.7 Å². The van der Waals surface area contributed by atoms with Crippen LogP contribution in [0.3, 0.4) is 0 Å². The molecule has 0 aromatic heterocycles. The van der Waals surface area contributed by atoms with E-state index in [1.807, 2.05) is 5.70 Å². The molecule has 0 N–H and O–H groups in total. The molecule has 0 saturated heterocycles. The Bertz CT molecular complexity index is 335. The maximum absolute atomic E-state index is 6.61. The van der Waals surface area contributed by atoms with Gasteiger partial charge in [-0.05, 0) is 46.5 Å². The third-order valence-electron chi connectivity index (χ3n) is 4.62. The molecule has 2 atom stereocenters. The van der Waals surface area contributed by atoms with Crippen LogP contribution in [0.2, 0.25) is 45.8 Å². The normalized spacial score (nSPS) is 18.5. The highest BCUT2D eigenvalue weighted by Crippen LogP contribution is 2.34. The van der Waals surface area contributed by atoms with E-state index in [9.17, 15) is 0 Å². The summed E-state index contributed by atoms with van der Waals surface area (Å²) < 4.78 is 13.2. The summed E-state index contributed by atoms with van der Waals surface area (Å²) in [5, 5.41) is -0.148. The molecule has 0 fully saturated rings. The lowest BCUT2D eigenvalue weighted by Crippen LogP contribution is -2.62. The molecule has 0 aliphatic carbocycles. The van der Waals surface area contributed by atoms with Gasteiger partial charge in [-0.1, -0.05) is 32.3 Å². The van der Waals surface area contributed by atoms with Gasteiger partial charge in [-0.3, -0.25) is 0 Å². The van der Waals surface area contributed by atoms with Crippen LogP contribution in [0.4, 0.5) is 0 Å². The zero-order chi connectivity index (χ0) is 16.4. The quantitative estimate of drug-likeness (QED) is 0.574. The highest BCUT2D eigenvalue weighted by atomic mass is 28.4. The lowest BCUT2D eigenvalue weighted by atomic mass is 10.3. The Morgan fingerprint density at radius 3 is 1.85 bits per heavy atom. The predicted molar refractivity (Wildman–Crippen MR) is 98.8 cm³/mol. The lowest BCUT2D eigenvalue weighted by Gasteiger charge is -2.47. The molecule has 0 aromatic rings. The van der Waals surface area contributed by atoms with Crippen molar-refractivity contribution in [2.24, 2.45) is 0 Å². The number of hydrogen-bond donors (Lipinski definition) is 0. The van der Waals surface area contributed by atoms with E-state index < -0.39 is 24.7 Å². The molecule has 0 radical (unpaired) electrons. The molecular weight excluding hydrogens is 296 g/mol. The van der Waals surface area contributed by atoms with Gasteiger partial charge in [0.15, 0.2) is 0 Å². The van der Waals surface area contributed by atoms with Gasteiger partial charge in [-0.25, -0.2) is 0 Å². The maximum atomic E-state index is 6.61. The summed E-state index contributed by atoms with van der Waals surface area (Å²) >= 11 is 0. The minimum atomic E-state index is -1.96. The van der Waals surface area contributed by atoms with E-state index in [-0.39, 0.29) is 5.22 Å². The summed E-state index contributed by atoms with van der Waals surface area (Å²) in [5.74, 6) is 0. The SMILES string of the molecule is C=C[Si](C)(C)OC(C)(CC)[Si](C)(C)OC(C)[Si](C)(C)C. The average Bonchev–Trinajstić information content (AvgIpc) is 2.26. The molecule has 2 nitrogen and oxygen atoms in total. The molecule has 0 bridgehead atoms. The van der Waals surface area contributed by atoms with Crippen LogP contribution in [0.15, 0.2) is 12.3 Å². The molecule has 0 saturated carbocycles. The van der Waals surface area contributed by atoms with Gasteiger partial charge in [0.2, 0.25) is 16.6 Å². The molecule has 2 unspecified atom stereocenters. The zero-order valence-corrected chi connectivity index (χ0v) is 18.4. The fourth-order valence-corrected chi connectivity index (χ4v) is 9.43. The fourth-order valence-electron chi connectivity index (χ4n) is 1.99. The first-order valence-electron chi connectivity index (χ1n) is 7.72. The van der Waals surface area contributed by atoms with Crippen molar-refractivity contribution in [3.8, 4) is 0 Å². The Hall–Kier alpha value is 0.311. The van der Waals surface area contributed by atoms with Crippen molar-refractivity contribution in [3.63, 3.8) is 0 Å². The monoisotopic (exact) mass is 332 g/mol. The molecular formula is C15H36O2Si3. The second-order valence-electron chi connectivity index (χ2n) is 8.13. The molecule has 0 rings (SSSR count). The first-order chi connectivity index (χ1) is 8.71. The van der Waals surface area contributed by atoms with E-state index >= 15 is 0 Å². The highest BCUT2D eigenvalue weighted by molar-refractivity contribution is 6.81. The van der Waals surface area contributed by atoms with E-state index in [4.69, 9.17) is 8.85 Å². The van der Waals surface area contributed by atoms with Crippen molar-refractivity contribution in [2.75, 3.05) is 0 Å². The van der Waals surface area contributed by atoms with E-state index in [0.29, 0.717) is 5.73 Å². The Labute approximate surface area is 130 Å². The van der Waals surface area contributed by atoms with Gasteiger partial charge in [0, 0.05) is 5.73 Å². The summed E-state index contributed by atoms with van der Waals surface area (Å²) in [6.45, 7) is 26.8. The Morgan fingerprint density at radius 1 is 1.10 bits per heavy atom. The maximum Gasteiger partial charge on any atom is 0.216 e. The van der Waals surface area contributed by atoms with Crippen molar-refractivity contribution in [1.29, 1.82) is 0 Å².